The summed E-state index contributed by atoms with van der Waals surface area (Å²) in [5, 5.41) is 8.25. The number of halogens is 1. The van der Waals surface area contributed by atoms with E-state index >= 15 is 0 Å². The lowest BCUT2D eigenvalue weighted by Crippen LogP contribution is -2.38. The predicted molar refractivity (Wildman–Crippen MR) is 127 cm³/mol. The molecule has 1 aromatic heterocycles. The molecule has 184 valence electrons. The van der Waals surface area contributed by atoms with Crippen molar-refractivity contribution in [3.63, 3.8) is 0 Å². The van der Waals surface area contributed by atoms with Crippen molar-refractivity contribution < 1.29 is 22.0 Å². The number of rotatable bonds is 5. The second kappa shape index (κ2) is 9.87. The molecule has 0 radical (unpaired) electrons. The Hall–Kier alpha value is -3.11. The molecule has 0 unspecified atom stereocenters. The zero-order chi connectivity index (χ0) is 24.4. The molecule has 0 saturated carbocycles. The highest BCUT2D eigenvalue weighted by atomic mass is 32.2. The third-order valence-corrected chi connectivity index (χ3v) is 8.63. The first kappa shape index (κ1) is 23.6. The van der Waals surface area contributed by atoms with Gasteiger partial charge < -0.3 is 9.32 Å². The van der Waals surface area contributed by atoms with Crippen molar-refractivity contribution in [3.8, 4) is 11.5 Å². The van der Waals surface area contributed by atoms with Gasteiger partial charge in [0.1, 0.15) is 5.82 Å². The molecule has 0 bridgehead atoms. The van der Waals surface area contributed by atoms with Gasteiger partial charge in [-0.2, -0.15) is 4.31 Å². The lowest BCUT2D eigenvalue weighted by molar-refractivity contribution is 0.0706. The first-order valence-electron chi connectivity index (χ1n) is 11.9. The molecule has 0 spiro atoms. The molecule has 0 atom stereocenters. The lowest BCUT2D eigenvalue weighted by atomic mass is 9.96. The number of hydrogen-bond acceptors (Lipinski definition) is 6. The molecule has 2 fully saturated rings. The summed E-state index contributed by atoms with van der Waals surface area (Å²) >= 11 is 0. The fourth-order valence-corrected chi connectivity index (χ4v) is 6.16. The van der Waals surface area contributed by atoms with Crippen LogP contribution in [0.3, 0.4) is 0 Å². The second-order valence-corrected chi connectivity index (χ2v) is 10.9. The van der Waals surface area contributed by atoms with E-state index in [1.54, 1.807) is 29.2 Å². The van der Waals surface area contributed by atoms with E-state index in [-0.39, 0.29) is 22.5 Å². The Morgan fingerprint density at radius 3 is 2.20 bits per heavy atom. The van der Waals surface area contributed by atoms with E-state index < -0.39 is 10.0 Å². The van der Waals surface area contributed by atoms with Crippen molar-refractivity contribution in [2.45, 2.75) is 42.9 Å². The summed E-state index contributed by atoms with van der Waals surface area (Å²) in [4.78, 5) is 15.0. The van der Waals surface area contributed by atoms with Gasteiger partial charge >= 0.3 is 0 Å². The molecular weight excluding hydrogens is 471 g/mol. The largest absolute Gasteiger partial charge is 0.420 e. The van der Waals surface area contributed by atoms with E-state index in [0.717, 1.165) is 19.3 Å². The number of carbonyl (C=O) groups excluding carboxylic acids is 1. The predicted octanol–water partition coefficient (Wildman–Crippen LogP) is 4.07. The summed E-state index contributed by atoms with van der Waals surface area (Å²) in [5.41, 5.74) is 1.13. The van der Waals surface area contributed by atoms with Crippen LogP contribution >= 0.6 is 0 Å². The molecule has 2 saturated heterocycles. The number of sulfonamides is 1. The molecule has 2 aliphatic heterocycles. The van der Waals surface area contributed by atoms with Crippen LogP contribution in [0, 0.1) is 5.82 Å². The van der Waals surface area contributed by atoms with E-state index in [1.165, 1.54) is 28.6 Å². The van der Waals surface area contributed by atoms with Crippen LogP contribution in [0.1, 0.15) is 54.3 Å². The maximum Gasteiger partial charge on any atom is 0.253 e. The van der Waals surface area contributed by atoms with E-state index in [4.69, 9.17) is 4.42 Å². The summed E-state index contributed by atoms with van der Waals surface area (Å²) in [7, 11) is -3.52. The van der Waals surface area contributed by atoms with Crippen molar-refractivity contribution in [1.29, 1.82) is 0 Å². The number of hydrogen-bond donors (Lipinski definition) is 0. The van der Waals surface area contributed by atoms with Gasteiger partial charge in [0.05, 0.1) is 4.90 Å². The van der Waals surface area contributed by atoms with E-state index in [2.05, 4.69) is 10.2 Å². The van der Waals surface area contributed by atoms with Gasteiger partial charge in [-0.25, -0.2) is 12.8 Å². The molecule has 35 heavy (non-hydrogen) atoms. The highest BCUT2D eigenvalue weighted by Crippen LogP contribution is 2.30. The molecule has 8 nitrogen and oxygen atoms in total. The fraction of sp³-hybridized carbons (Fsp3) is 0.400. The van der Waals surface area contributed by atoms with Crippen molar-refractivity contribution in [1.82, 2.24) is 19.4 Å². The van der Waals surface area contributed by atoms with E-state index in [1.807, 2.05) is 0 Å². The molecule has 0 N–H and O–H groups in total. The minimum atomic E-state index is -3.52. The summed E-state index contributed by atoms with van der Waals surface area (Å²) in [5.74, 6) is 0.450. The van der Waals surface area contributed by atoms with Gasteiger partial charge in [-0.1, -0.05) is 6.42 Å². The quantitative estimate of drug-likeness (QED) is 0.526. The standard InChI is InChI=1S/C25H27FN4O4S/c26-21-8-4-18(5-9-21)23-27-28-24(34-23)19-12-16-29(17-13-19)25(31)20-6-10-22(11-7-20)35(32,33)30-14-2-1-3-15-30/h4-11,19H,1-3,12-17H2. The van der Waals surface area contributed by atoms with Crippen LogP contribution in [0.2, 0.25) is 0 Å². The number of aromatic nitrogens is 2. The molecule has 10 heteroatoms. The molecule has 2 aromatic carbocycles. The number of amides is 1. The van der Waals surface area contributed by atoms with Crippen LogP contribution in [0.5, 0.6) is 0 Å². The fourth-order valence-electron chi connectivity index (χ4n) is 4.64. The Balaban J connectivity index is 1.20. The minimum Gasteiger partial charge on any atom is -0.420 e. The van der Waals surface area contributed by atoms with Gasteiger partial charge in [-0.3, -0.25) is 4.79 Å². The number of benzene rings is 2. The van der Waals surface area contributed by atoms with E-state index in [0.29, 0.717) is 61.9 Å². The number of piperidine rings is 2. The van der Waals surface area contributed by atoms with Crippen molar-refractivity contribution in [2.24, 2.45) is 0 Å². The monoisotopic (exact) mass is 498 g/mol. The summed E-state index contributed by atoms with van der Waals surface area (Å²) in [6.45, 7) is 2.16. The topological polar surface area (TPSA) is 96.6 Å². The van der Waals surface area contributed by atoms with E-state index in [9.17, 15) is 17.6 Å². The van der Waals surface area contributed by atoms with Crippen LogP contribution in [0.15, 0.2) is 57.8 Å². The highest BCUT2D eigenvalue weighted by molar-refractivity contribution is 7.89. The Morgan fingerprint density at radius 2 is 1.54 bits per heavy atom. The molecule has 1 amide bonds. The average Bonchev–Trinajstić information content (AvgIpc) is 3.40. The number of carbonyl (C=O) groups is 1. The van der Waals surface area contributed by atoms with Gasteiger partial charge in [0.2, 0.25) is 21.8 Å². The molecule has 0 aliphatic carbocycles. The normalized spacial score (nSPS) is 18.0. The third-order valence-electron chi connectivity index (χ3n) is 6.72. The minimum absolute atomic E-state index is 0.0396. The van der Waals surface area contributed by atoms with Gasteiger partial charge in [0.15, 0.2) is 0 Å². The van der Waals surface area contributed by atoms with Gasteiger partial charge in [0, 0.05) is 43.2 Å². The van der Waals surface area contributed by atoms with Crippen molar-refractivity contribution in [3.05, 3.63) is 65.8 Å². The summed E-state index contributed by atoms with van der Waals surface area (Å²) in [6, 6.07) is 12.1. The van der Waals surface area contributed by atoms with Crippen LogP contribution in [-0.4, -0.2) is 59.9 Å². The first-order chi connectivity index (χ1) is 16.9. The molecule has 2 aliphatic rings. The Labute approximate surface area is 203 Å². The highest BCUT2D eigenvalue weighted by Gasteiger charge is 2.29. The molecule has 3 aromatic rings. The Bertz CT molecular complexity index is 1280. The van der Waals surface area contributed by atoms with Crippen molar-refractivity contribution >= 4 is 15.9 Å². The maximum absolute atomic E-state index is 13.1. The first-order valence-corrected chi connectivity index (χ1v) is 13.3. The number of likely N-dealkylation sites (tertiary alicyclic amines) is 1. The Kier molecular flexibility index (Phi) is 6.66. The van der Waals surface area contributed by atoms with Gasteiger partial charge in [0.25, 0.3) is 5.91 Å². The van der Waals surface area contributed by atoms with Gasteiger partial charge in [-0.05, 0) is 74.2 Å². The summed E-state index contributed by atoms with van der Waals surface area (Å²) < 4.78 is 46.2. The Morgan fingerprint density at radius 1 is 0.886 bits per heavy atom. The van der Waals surface area contributed by atoms with Gasteiger partial charge in [-0.15, -0.1) is 10.2 Å². The lowest BCUT2D eigenvalue weighted by Gasteiger charge is -2.30. The maximum atomic E-state index is 13.1. The van der Waals surface area contributed by atoms with Crippen LogP contribution in [-0.2, 0) is 10.0 Å². The van der Waals surface area contributed by atoms with Crippen LogP contribution in [0.25, 0.3) is 11.5 Å². The number of nitrogens with zero attached hydrogens (tertiary/aromatic N) is 4. The zero-order valence-electron chi connectivity index (χ0n) is 19.3. The summed E-state index contributed by atoms with van der Waals surface area (Å²) in [6.07, 6.45) is 4.17. The van der Waals surface area contributed by atoms with Crippen molar-refractivity contribution in [2.75, 3.05) is 26.2 Å². The third kappa shape index (κ3) is 4.99. The molecular formula is C25H27FN4O4S. The second-order valence-electron chi connectivity index (χ2n) is 9.01. The van der Waals surface area contributed by atoms with Crippen LogP contribution in [0.4, 0.5) is 4.39 Å². The van der Waals surface area contributed by atoms with Crippen LogP contribution < -0.4 is 0 Å². The zero-order valence-corrected chi connectivity index (χ0v) is 20.1. The average molecular weight is 499 g/mol. The molecule has 5 rings (SSSR count). The molecule has 3 heterocycles. The smallest absolute Gasteiger partial charge is 0.253 e. The SMILES string of the molecule is O=C(c1ccc(S(=O)(=O)N2CCCCC2)cc1)N1CCC(c2nnc(-c3ccc(F)cc3)o2)CC1.